The quantitative estimate of drug-likeness (QED) is 0.740. The molecule has 6 nitrogen and oxygen atoms in total. The summed E-state index contributed by atoms with van der Waals surface area (Å²) in [5, 5.41) is 5.60. The van der Waals surface area contributed by atoms with Crippen molar-refractivity contribution in [2.24, 2.45) is 0 Å². The lowest BCUT2D eigenvalue weighted by Crippen LogP contribution is -2.34. The number of nitrogens with one attached hydrogen (secondary N) is 2. The second-order valence-corrected chi connectivity index (χ2v) is 5.80. The Morgan fingerprint density at radius 2 is 1.85 bits per heavy atom. The number of rotatable bonds is 7. The second-order valence-electron chi connectivity index (χ2n) is 5.80. The Bertz CT molecular complexity index is 744. The van der Waals surface area contributed by atoms with Crippen LogP contribution >= 0.6 is 0 Å². The molecule has 26 heavy (non-hydrogen) atoms. The van der Waals surface area contributed by atoms with Crippen molar-refractivity contribution in [3.05, 3.63) is 59.7 Å². The number of ether oxygens (including phenoxy) is 2. The van der Waals surface area contributed by atoms with E-state index in [0.29, 0.717) is 18.0 Å². The van der Waals surface area contributed by atoms with Gasteiger partial charge in [0, 0.05) is 5.69 Å². The third-order valence-corrected chi connectivity index (χ3v) is 3.79. The van der Waals surface area contributed by atoms with Crippen LogP contribution in [0.1, 0.15) is 30.5 Å². The minimum absolute atomic E-state index is 0.0301. The third-order valence-electron chi connectivity index (χ3n) is 3.79. The summed E-state index contributed by atoms with van der Waals surface area (Å²) in [5.74, 6) is 0.271. The lowest BCUT2D eigenvalue weighted by atomic mass is 10.0. The van der Waals surface area contributed by atoms with Gasteiger partial charge in [-0.3, -0.25) is 4.79 Å². The third kappa shape index (κ3) is 5.81. The summed E-state index contributed by atoms with van der Waals surface area (Å²) in [7, 11) is 1.57. The van der Waals surface area contributed by atoms with Crippen molar-refractivity contribution in [3.63, 3.8) is 0 Å². The van der Waals surface area contributed by atoms with Gasteiger partial charge in [-0.2, -0.15) is 0 Å². The molecule has 0 radical (unpaired) electrons. The average Bonchev–Trinajstić information content (AvgIpc) is 2.63. The molecular formula is C20H24N2O4. The van der Waals surface area contributed by atoms with Crippen LogP contribution in [-0.2, 0) is 9.53 Å². The fourth-order valence-corrected chi connectivity index (χ4v) is 2.46. The topological polar surface area (TPSA) is 76.7 Å². The van der Waals surface area contributed by atoms with Gasteiger partial charge in [-0.25, -0.2) is 4.79 Å². The molecule has 1 unspecified atom stereocenters. The summed E-state index contributed by atoms with van der Waals surface area (Å²) in [6, 6.07) is 13.8. The molecule has 0 aliphatic carbocycles. The number of hydrogen-bond donors (Lipinski definition) is 2. The largest absolute Gasteiger partial charge is 0.497 e. The highest BCUT2D eigenvalue weighted by atomic mass is 16.5. The standard InChI is InChI=1S/C20H24N2O4/c1-4-26-19(23)13-18(15-6-5-7-17(12-15)25-3)22-20(24)21-16-10-8-14(2)9-11-16/h5-12,18H,4,13H2,1-3H3,(H2,21,22,24). The van der Waals surface area contributed by atoms with Gasteiger partial charge in [0.15, 0.2) is 0 Å². The molecule has 0 saturated heterocycles. The Morgan fingerprint density at radius 3 is 2.50 bits per heavy atom. The molecule has 2 rings (SSSR count). The number of aryl methyl sites for hydroxylation is 1. The first-order chi connectivity index (χ1) is 12.5. The Balaban J connectivity index is 2.12. The summed E-state index contributed by atoms with van der Waals surface area (Å²) >= 11 is 0. The summed E-state index contributed by atoms with van der Waals surface area (Å²) in [4.78, 5) is 24.3. The van der Waals surface area contributed by atoms with Crippen LogP contribution in [0.5, 0.6) is 5.75 Å². The van der Waals surface area contributed by atoms with E-state index < -0.39 is 12.1 Å². The summed E-state index contributed by atoms with van der Waals surface area (Å²) in [5.41, 5.74) is 2.54. The van der Waals surface area contributed by atoms with Crippen molar-refractivity contribution in [1.29, 1.82) is 0 Å². The molecule has 0 aliphatic heterocycles. The van der Waals surface area contributed by atoms with Gasteiger partial charge in [0.05, 0.1) is 26.2 Å². The van der Waals surface area contributed by atoms with E-state index >= 15 is 0 Å². The van der Waals surface area contributed by atoms with E-state index in [9.17, 15) is 9.59 Å². The van der Waals surface area contributed by atoms with Crippen LogP contribution in [0.4, 0.5) is 10.5 Å². The lowest BCUT2D eigenvalue weighted by molar-refractivity contribution is -0.143. The Kier molecular flexibility index (Phi) is 7.02. The molecule has 138 valence electrons. The Labute approximate surface area is 153 Å². The highest BCUT2D eigenvalue weighted by molar-refractivity contribution is 5.89. The van der Waals surface area contributed by atoms with E-state index in [2.05, 4.69) is 10.6 Å². The van der Waals surface area contributed by atoms with Crippen molar-refractivity contribution in [3.8, 4) is 5.75 Å². The van der Waals surface area contributed by atoms with Crippen molar-refractivity contribution in [2.75, 3.05) is 19.0 Å². The maximum atomic E-state index is 12.4. The zero-order chi connectivity index (χ0) is 18.9. The van der Waals surface area contributed by atoms with Crippen molar-refractivity contribution in [1.82, 2.24) is 5.32 Å². The molecule has 1 atom stereocenters. The van der Waals surface area contributed by atoms with E-state index in [1.807, 2.05) is 43.3 Å². The van der Waals surface area contributed by atoms with E-state index in [0.717, 1.165) is 11.1 Å². The summed E-state index contributed by atoms with van der Waals surface area (Å²) in [6.45, 7) is 4.01. The van der Waals surface area contributed by atoms with Gasteiger partial charge in [-0.1, -0.05) is 29.8 Å². The molecule has 2 aromatic carbocycles. The van der Waals surface area contributed by atoms with Crippen LogP contribution < -0.4 is 15.4 Å². The average molecular weight is 356 g/mol. The van der Waals surface area contributed by atoms with E-state index in [1.54, 1.807) is 26.2 Å². The highest BCUT2D eigenvalue weighted by Gasteiger charge is 2.20. The fraction of sp³-hybridized carbons (Fsp3) is 0.300. The fourth-order valence-electron chi connectivity index (χ4n) is 2.46. The zero-order valence-corrected chi connectivity index (χ0v) is 15.2. The number of amides is 2. The molecule has 2 N–H and O–H groups in total. The minimum Gasteiger partial charge on any atom is -0.497 e. The molecule has 0 spiro atoms. The van der Waals surface area contributed by atoms with Gasteiger partial charge in [0.2, 0.25) is 0 Å². The normalized spacial score (nSPS) is 11.3. The maximum Gasteiger partial charge on any atom is 0.319 e. The Hall–Kier alpha value is -3.02. The lowest BCUT2D eigenvalue weighted by Gasteiger charge is -2.19. The van der Waals surface area contributed by atoms with E-state index in [1.165, 1.54) is 0 Å². The number of carbonyl (C=O) groups excluding carboxylic acids is 2. The highest BCUT2D eigenvalue weighted by Crippen LogP contribution is 2.22. The maximum absolute atomic E-state index is 12.4. The SMILES string of the molecule is CCOC(=O)CC(NC(=O)Nc1ccc(C)cc1)c1cccc(OC)c1. The predicted molar refractivity (Wildman–Crippen MR) is 100 cm³/mol. The molecule has 0 bridgehead atoms. The van der Waals surface area contributed by atoms with Crippen LogP contribution in [0.3, 0.4) is 0 Å². The monoisotopic (exact) mass is 356 g/mol. The molecule has 0 aromatic heterocycles. The molecular weight excluding hydrogens is 332 g/mol. The first-order valence-electron chi connectivity index (χ1n) is 8.45. The van der Waals surface area contributed by atoms with Crippen LogP contribution in [0, 0.1) is 6.92 Å². The predicted octanol–water partition coefficient (Wildman–Crippen LogP) is 3.82. The van der Waals surface area contributed by atoms with Gasteiger partial charge in [-0.05, 0) is 43.7 Å². The summed E-state index contributed by atoms with van der Waals surface area (Å²) < 4.78 is 10.2. The molecule has 0 aliphatic rings. The Morgan fingerprint density at radius 1 is 1.12 bits per heavy atom. The van der Waals surface area contributed by atoms with Crippen molar-refractivity contribution >= 4 is 17.7 Å². The smallest absolute Gasteiger partial charge is 0.319 e. The van der Waals surface area contributed by atoms with Crippen LogP contribution in [0.15, 0.2) is 48.5 Å². The van der Waals surface area contributed by atoms with Crippen LogP contribution in [0.25, 0.3) is 0 Å². The molecule has 0 heterocycles. The van der Waals surface area contributed by atoms with Gasteiger partial charge in [0.1, 0.15) is 5.75 Å². The van der Waals surface area contributed by atoms with Crippen LogP contribution in [-0.4, -0.2) is 25.7 Å². The number of benzene rings is 2. The number of urea groups is 1. The van der Waals surface area contributed by atoms with Gasteiger partial charge in [-0.15, -0.1) is 0 Å². The molecule has 0 fully saturated rings. The van der Waals surface area contributed by atoms with E-state index in [-0.39, 0.29) is 12.4 Å². The van der Waals surface area contributed by atoms with Crippen LogP contribution in [0.2, 0.25) is 0 Å². The molecule has 2 aromatic rings. The van der Waals surface area contributed by atoms with Gasteiger partial charge < -0.3 is 20.1 Å². The molecule has 2 amide bonds. The number of esters is 1. The minimum atomic E-state index is -0.533. The number of methoxy groups -OCH3 is 1. The van der Waals surface area contributed by atoms with Gasteiger partial charge in [0.25, 0.3) is 0 Å². The van der Waals surface area contributed by atoms with E-state index in [4.69, 9.17) is 9.47 Å². The zero-order valence-electron chi connectivity index (χ0n) is 15.2. The number of anilines is 1. The first kappa shape index (κ1) is 19.3. The van der Waals surface area contributed by atoms with Crippen molar-refractivity contribution in [2.45, 2.75) is 26.3 Å². The second kappa shape index (κ2) is 9.46. The molecule has 0 saturated carbocycles. The number of carbonyl (C=O) groups is 2. The molecule has 6 heteroatoms. The number of hydrogen-bond acceptors (Lipinski definition) is 4. The summed E-state index contributed by atoms with van der Waals surface area (Å²) in [6.07, 6.45) is 0.0301. The van der Waals surface area contributed by atoms with Gasteiger partial charge >= 0.3 is 12.0 Å². The first-order valence-corrected chi connectivity index (χ1v) is 8.45. The van der Waals surface area contributed by atoms with Crippen molar-refractivity contribution < 1.29 is 19.1 Å².